The highest BCUT2D eigenvalue weighted by Gasteiger charge is 2.23. The lowest BCUT2D eigenvalue weighted by atomic mass is 10.2. The molecule has 0 rings (SSSR count). The molecule has 1 N–H and O–H groups in total. The lowest BCUT2D eigenvalue weighted by molar-refractivity contribution is 0.0477. The fraction of sp³-hybridized carbons (Fsp3) is 0.778. The van der Waals surface area contributed by atoms with Gasteiger partial charge in [-0.15, -0.1) is 6.58 Å². The Morgan fingerprint density at radius 2 is 2.07 bits per heavy atom. The highest BCUT2D eigenvalue weighted by Crippen LogP contribution is 2.13. The van der Waals surface area contributed by atoms with Gasteiger partial charge in [-0.05, 0) is 12.8 Å². The minimum absolute atomic E-state index is 0.229. The molecule has 0 aliphatic heterocycles. The van der Waals surface area contributed by atoms with Crippen LogP contribution in [-0.4, -0.2) is 24.5 Å². The van der Waals surface area contributed by atoms with Crippen molar-refractivity contribution >= 4 is 10.1 Å². The molecule has 0 aromatic carbocycles. The average molecular weight is 222 g/mol. The highest BCUT2D eigenvalue weighted by molar-refractivity contribution is 7.86. The van der Waals surface area contributed by atoms with Gasteiger partial charge >= 0.3 is 0 Å². The molecule has 0 amide bonds. The predicted molar refractivity (Wildman–Crippen MR) is 55.6 cm³/mol. The fourth-order valence-electron chi connectivity index (χ4n) is 1.10. The first-order chi connectivity index (χ1) is 6.45. The van der Waals surface area contributed by atoms with E-state index in [0.29, 0.717) is 6.42 Å². The van der Waals surface area contributed by atoms with Gasteiger partial charge in [0.2, 0.25) is 0 Å². The highest BCUT2D eigenvalue weighted by atomic mass is 32.2. The van der Waals surface area contributed by atoms with Crippen molar-refractivity contribution in [3.05, 3.63) is 12.7 Å². The van der Waals surface area contributed by atoms with Crippen molar-refractivity contribution in [1.82, 2.24) is 0 Å². The molecule has 0 saturated carbocycles. The predicted octanol–water partition coefficient (Wildman–Crippen LogP) is 1.98. The van der Waals surface area contributed by atoms with E-state index in [1.54, 1.807) is 13.0 Å². The smallest absolute Gasteiger partial charge is 0.292 e. The molecule has 0 aliphatic rings. The number of rotatable bonds is 7. The lowest BCUT2D eigenvalue weighted by Gasteiger charge is -2.18. The summed E-state index contributed by atoms with van der Waals surface area (Å²) >= 11 is 0. The van der Waals surface area contributed by atoms with Crippen LogP contribution in [0, 0.1) is 0 Å². The molecule has 4 nitrogen and oxygen atoms in total. The van der Waals surface area contributed by atoms with Crippen molar-refractivity contribution in [2.24, 2.45) is 0 Å². The van der Waals surface area contributed by atoms with Crippen LogP contribution in [0.5, 0.6) is 0 Å². The second-order valence-corrected chi connectivity index (χ2v) is 4.61. The summed E-state index contributed by atoms with van der Waals surface area (Å²) in [6, 6.07) is 0. The summed E-state index contributed by atoms with van der Waals surface area (Å²) < 4.78 is 35.6. The van der Waals surface area contributed by atoms with Gasteiger partial charge in [-0.3, -0.25) is 4.55 Å². The third-order valence-corrected chi connectivity index (χ3v) is 2.94. The summed E-state index contributed by atoms with van der Waals surface area (Å²) in [6.45, 7) is 7.16. The lowest BCUT2D eigenvalue weighted by Crippen LogP contribution is -2.27. The SMILES string of the molecule is C=CC(CCC)OC(CC)S(=O)(=O)O. The van der Waals surface area contributed by atoms with E-state index in [1.807, 2.05) is 6.92 Å². The van der Waals surface area contributed by atoms with Crippen LogP contribution >= 0.6 is 0 Å². The van der Waals surface area contributed by atoms with E-state index in [2.05, 4.69) is 6.58 Å². The number of hydrogen-bond acceptors (Lipinski definition) is 3. The topological polar surface area (TPSA) is 63.6 Å². The van der Waals surface area contributed by atoms with Gasteiger partial charge in [0, 0.05) is 0 Å². The molecule has 2 unspecified atom stereocenters. The molecule has 0 bridgehead atoms. The fourth-order valence-corrected chi connectivity index (χ4v) is 1.80. The minimum atomic E-state index is -4.11. The van der Waals surface area contributed by atoms with Crippen LogP contribution in [0.2, 0.25) is 0 Å². The first-order valence-corrected chi connectivity index (χ1v) is 6.20. The van der Waals surface area contributed by atoms with Gasteiger partial charge in [-0.25, -0.2) is 0 Å². The van der Waals surface area contributed by atoms with Crippen molar-refractivity contribution in [2.45, 2.75) is 44.6 Å². The summed E-state index contributed by atoms with van der Waals surface area (Å²) in [7, 11) is -4.11. The van der Waals surface area contributed by atoms with Crippen molar-refractivity contribution in [1.29, 1.82) is 0 Å². The van der Waals surface area contributed by atoms with Crippen LogP contribution in [-0.2, 0) is 14.9 Å². The standard InChI is InChI=1S/C9H18O4S/c1-4-7-8(5-2)13-9(6-3)14(10,11)12/h5,8-9H,2,4,6-7H2,1,3H3,(H,10,11,12). The molecule has 0 fully saturated rings. The summed E-state index contributed by atoms with van der Waals surface area (Å²) in [5.41, 5.74) is -1.14. The molecular formula is C9H18O4S. The van der Waals surface area contributed by atoms with Crippen LogP contribution in [0.25, 0.3) is 0 Å². The second kappa shape index (κ2) is 6.16. The zero-order valence-corrected chi connectivity index (χ0v) is 9.46. The van der Waals surface area contributed by atoms with E-state index in [9.17, 15) is 8.42 Å². The molecule has 0 spiro atoms. The zero-order valence-electron chi connectivity index (χ0n) is 8.64. The summed E-state index contributed by atoms with van der Waals surface area (Å²) in [5.74, 6) is 0. The van der Waals surface area contributed by atoms with E-state index < -0.39 is 15.6 Å². The maximum atomic E-state index is 10.8. The van der Waals surface area contributed by atoms with E-state index >= 15 is 0 Å². The molecule has 14 heavy (non-hydrogen) atoms. The first-order valence-electron chi connectivity index (χ1n) is 4.70. The Labute approximate surface area is 85.7 Å². The van der Waals surface area contributed by atoms with Crippen molar-refractivity contribution < 1.29 is 17.7 Å². The molecule has 0 saturated heterocycles. The maximum absolute atomic E-state index is 10.8. The summed E-state index contributed by atoms with van der Waals surface area (Å²) in [4.78, 5) is 0. The Morgan fingerprint density at radius 1 is 1.50 bits per heavy atom. The largest absolute Gasteiger partial charge is 0.352 e. The van der Waals surface area contributed by atoms with Crippen molar-refractivity contribution in [2.75, 3.05) is 0 Å². The molecule has 0 radical (unpaired) electrons. The average Bonchev–Trinajstić information content (AvgIpc) is 2.10. The van der Waals surface area contributed by atoms with Gasteiger partial charge in [0.25, 0.3) is 10.1 Å². The van der Waals surface area contributed by atoms with Crippen LogP contribution in [0.15, 0.2) is 12.7 Å². The van der Waals surface area contributed by atoms with Gasteiger partial charge in [-0.2, -0.15) is 8.42 Å². The van der Waals surface area contributed by atoms with E-state index in [4.69, 9.17) is 9.29 Å². The van der Waals surface area contributed by atoms with Crippen LogP contribution in [0.3, 0.4) is 0 Å². The molecular weight excluding hydrogens is 204 g/mol. The van der Waals surface area contributed by atoms with E-state index in [1.165, 1.54) is 0 Å². The molecule has 5 heteroatoms. The molecule has 0 aromatic rings. The quantitative estimate of drug-likeness (QED) is 0.528. The second-order valence-electron chi connectivity index (χ2n) is 3.05. The van der Waals surface area contributed by atoms with Gasteiger partial charge in [0.05, 0.1) is 6.10 Å². The van der Waals surface area contributed by atoms with Gasteiger partial charge < -0.3 is 4.74 Å². The van der Waals surface area contributed by atoms with Crippen LogP contribution in [0.1, 0.15) is 33.1 Å². The van der Waals surface area contributed by atoms with Crippen molar-refractivity contribution in [3.8, 4) is 0 Å². The molecule has 0 aliphatic carbocycles. The summed E-state index contributed by atoms with van der Waals surface area (Å²) in [6.07, 6.45) is 3.05. The Kier molecular flexibility index (Phi) is 5.99. The molecule has 0 aromatic heterocycles. The van der Waals surface area contributed by atoms with Crippen molar-refractivity contribution in [3.63, 3.8) is 0 Å². The third-order valence-electron chi connectivity index (χ3n) is 1.83. The van der Waals surface area contributed by atoms with Gasteiger partial charge in [0.15, 0.2) is 5.44 Å². The Balaban J connectivity index is 4.36. The minimum Gasteiger partial charge on any atom is -0.352 e. The normalized spacial score (nSPS) is 16.2. The van der Waals surface area contributed by atoms with Gasteiger partial charge in [-0.1, -0.05) is 26.3 Å². The van der Waals surface area contributed by atoms with E-state index in [-0.39, 0.29) is 12.5 Å². The Bertz CT molecular complexity index is 258. The molecule has 84 valence electrons. The Hall–Kier alpha value is -0.390. The Morgan fingerprint density at radius 3 is 2.36 bits per heavy atom. The first kappa shape index (κ1) is 13.6. The number of hydrogen-bond donors (Lipinski definition) is 1. The zero-order chi connectivity index (χ0) is 11.2. The summed E-state index contributed by atoms with van der Waals surface area (Å²) in [5, 5.41) is 0. The van der Waals surface area contributed by atoms with E-state index in [0.717, 1.165) is 6.42 Å². The molecule has 0 heterocycles. The third kappa shape index (κ3) is 4.74. The van der Waals surface area contributed by atoms with Gasteiger partial charge in [0.1, 0.15) is 0 Å². The molecule has 2 atom stereocenters. The maximum Gasteiger partial charge on any atom is 0.292 e. The number of ether oxygens (including phenoxy) is 1. The van der Waals surface area contributed by atoms with Crippen LogP contribution < -0.4 is 0 Å². The monoisotopic (exact) mass is 222 g/mol. The van der Waals surface area contributed by atoms with Crippen LogP contribution in [0.4, 0.5) is 0 Å².